The van der Waals surface area contributed by atoms with Gasteiger partial charge in [-0.05, 0) is 24.3 Å². The van der Waals surface area contributed by atoms with Crippen molar-refractivity contribution in [1.82, 2.24) is 29.8 Å². The molecule has 0 bridgehead atoms. The monoisotopic (exact) mass is 461 g/mol. The van der Waals surface area contributed by atoms with E-state index in [2.05, 4.69) is 24.7 Å². The molecule has 0 radical (unpaired) electrons. The molecule has 0 unspecified atom stereocenters. The van der Waals surface area contributed by atoms with Crippen molar-refractivity contribution in [1.29, 1.82) is 0 Å². The Balaban J connectivity index is 1.41. The minimum Gasteiger partial charge on any atom is -0.384 e. The number of pyridine rings is 1. The molecule has 4 aromatic rings. The number of hydrogen-bond acceptors (Lipinski definition) is 7. The minimum absolute atomic E-state index is 0.222. The molecule has 4 heterocycles. The predicted molar refractivity (Wildman–Crippen MR) is 105 cm³/mol. The van der Waals surface area contributed by atoms with Crippen LogP contribution in [0.25, 0.3) is 10.9 Å². The highest BCUT2D eigenvalue weighted by molar-refractivity contribution is 5.95. The lowest BCUT2D eigenvalue weighted by Gasteiger charge is -2.38. The Hall–Kier alpha value is -4.03. The van der Waals surface area contributed by atoms with Gasteiger partial charge in [0.15, 0.2) is 5.82 Å². The molecule has 170 valence electrons. The van der Waals surface area contributed by atoms with E-state index in [0.717, 1.165) is 0 Å². The van der Waals surface area contributed by atoms with Crippen molar-refractivity contribution in [2.75, 3.05) is 18.8 Å². The third-order valence-corrected chi connectivity index (χ3v) is 5.34. The Morgan fingerprint density at radius 3 is 2.73 bits per heavy atom. The average molecular weight is 461 g/mol. The van der Waals surface area contributed by atoms with Crippen LogP contribution in [0.5, 0.6) is 0 Å². The molecule has 1 saturated heterocycles. The van der Waals surface area contributed by atoms with E-state index in [4.69, 9.17) is 5.73 Å². The van der Waals surface area contributed by atoms with Crippen LogP contribution in [0, 0.1) is 5.82 Å². The van der Waals surface area contributed by atoms with Crippen molar-refractivity contribution in [3.8, 4) is 0 Å². The molecule has 0 spiro atoms. The van der Waals surface area contributed by atoms with Crippen LogP contribution in [0.2, 0.25) is 0 Å². The van der Waals surface area contributed by atoms with Gasteiger partial charge in [0.1, 0.15) is 18.2 Å². The minimum atomic E-state index is -4.77. The molecule has 9 nitrogen and oxygen atoms in total. The zero-order valence-electron chi connectivity index (χ0n) is 16.8. The third-order valence-electron chi connectivity index (χ3n) is 5.34. The average Bonchev–Trinajstić information content (AvgIpc) is 3.33. The number of nitrogens with two attached hydrogens (primary N) is 1. The van der Waals surface area contributed by atoms with Gasteiger partial charge in [0, 0.05) is 30.8 Å². The molecule has 2 N–H and O–H groups in total. The summed E-state index contributed by atoms with van der Waals surface area (Å²) in [6.45, 7) is 0.342. The van der Waals surface area contributed by atoms with Gasteiger partial charge in [0.2, 0.25) is 0 Å². The van der Waals surface area contributed by atoms with Gasteiger partial charge >= 0.3 is 12.1 Å². The molecule has 0 aliphatic carbocycles. The number of benzene rings is 1. The molecule has 33 heavy (non-hydrogen) atoms. The Morgan fingerprint density at radius 2 is 2.03 bits per heavy atom. The van der Waals surface area contributed by atoms with Crippen LogP contribution in [0.15, 0.2) is 41.1 Å². The number of likely N-dealkylation sites (tertiary alicyclic amines) is 1. The van der Waals surface area contributed by atoms with Gasteiger partial charge in [-0.15, -0.1) is 0 Å². The first-order valence-electron chi connectivity index (χ1n) is 9.76. The first-order valence-corrected chi connectivity index (χ1v) is 9.76. The Labute approximate surface area is 182 Å². The number of nitrogens with zero attached hydrogens (tertiary/aromatic N) is 6. The number of rotatable bonds is 4. The summed E-state index contributed by atoms with van der Waals surface area (Å²) in [5.74, 6) is -2.52. The summed E-state index contributed by atoms with van der Waals surface area (Å²) < 4.78 is 58.5. The lowest BCUT2D eigenvalue weighted by Crippen LogP contribution is -2.48. The lowest BCUT2D eigenvalue weighted by molar-refractivity contribution is -0.159. The van der Waals surface area contributed by atoms with Crippen molar-refractivity contribution < 1.29 is 26.9 Å². The van der Waals surface area contributed by atoms with E-state index in [1.165, 1.54) is 29.1 Å². The lowest BCUT2D eigenvalue weighted by atomic mass is 9.93. The Morgan fingerprint density at radius 1 is 1.24 bits per heavy atom. The van der Waals surface area contributed by atoms with Crippen LogP contribution in [0.3, 0.4) is 0 Å². The maximum absolute atomic E-state index is 14.7. The van der Waals surface area contributed by atoms with E-state index in [-0.39, 0.29) is 35.4 Å². The van der Waals surface area contributed by atoms with Crippen molar-refractivity contribution in [2.45, 2.75) is 18.6 Å². The summed E-state index contributed by atoms with van der Waals surface area (Å²) in [7, 11) is 0. The number of aromatic nitrogens is 5. The molecular formula is C20H15F4N7O2. The summed E-state index contributed by atoms with van der Waals surface area (Å²) in [5.41, 5.74) is 6.79. The van der Waals surface area contributed by atoms with E-state index in [9.17, 15) is 22.4 Å². The number of halogens is 4. The number of alkyl halides is 3. The Kier molecular flexibility index (Phi) is 4.76. The van der Waals surface area contributed by atoms with Gasteiger partial charge in [-0.25, -0.2) is 9.37 Å². The van der Waals surface area contributed by atoms with Crippen LogP contribution in [0.1, 0.15) is 33.7 Å². The number of hydrogen-bond donors (Lipinski definition) is 1. The summed E-state index contributed by atoms with van der Waals surface area (Å²) in [6, 6.07) is 7.37. The number of carbonyl (C=O) groups excluding carboxylic acids is 1. The largest absolute Gasteiger partial charge is 0.471 e. The van der Waals surface area contributed by atoms with Gasteiger partial charge in [-0.3, -0.25) is 9.48 Å². The second-order valence-corrected chi connectivity index (χ2v) is 7.57. The summed E-state index contributed by atoms with van der Waals surface area (Å²) in [6.07, 6.45) is -3.33. The van der Waals surface area contributed by atoms with Crippen LogP contribution in [-0.2, 0) is 12.7 Å². The van der Waals surface area contributed by atoms with Crippen LogP contribution in [0.4, 0.5) is 23.4 Å². The number of anilines is 1. The quantitative estimate of drug-likeness (QED) is 0.465. The van der Waals surface area contributed by atoms with E-state index in [1.54, 1.807) is 17.0 Å². The fraction of sp³-hybridized carbons (Fsp3) is 0.250. The maximum atomic E-state index is 14.7. The van der Waals surface area contributed by atoms with Gasteiger partial charge in [-0.1, -0.05) is 11.2 Å². The van der Waals surface area contributed by atoms with Crippen LogP contribution in [-0.4, -0.2) is 48.8 Å². The first-order chi connectivity index (χ1) is 15.7. The molecule has 1 amide bonds. The molecule has 1 aliphatic heterocycles. The molecule has 1 aliphatic rings. The predicted octanol–water partition coefficient (Wildman–Crippen LogP) is 2.84. The van der Waals surface area contributed by atoms with Gasteiger partial charge in [0.05, 0.1) is 16.6 Å². The number of carbonyl (C=O) groups is 1. The summed E-state index contributed by atoms with van der Waals surface area (Å²) in [5, 5.41) is 8.01. The molecule has 0 atom stereocenters. The number of amides is 1. The molecule has 13 heteroatoms. The standard InChI is InChI=1S/C20H15F4N7O2/c21-12-2-1-3-13-16(12)17(28-31(13)9-15-27-19(33-29-15)20(22,23)24)11-7-30(8-11)18(32)10-4-5-26-14(25)6-10/h1-6,11H,7-9H2,(H2,25,26). The number of nitrogen functional groups attached to an aromatic ring is 1. The zero-order valence-corrected chi connectivity index (χ0v) is 16.8. The van der Waals surface area contributed by atoms with E-state index < -0.39 is 17.9 Å². The van der Waals surface area contributed by atoms with Crippen LogP contribution < -0.4 is 5.73 Å². The molecule has 3 aromatic heterocycles. The Bertz CT molecular complexity index is 1360. The SMILES string of the molecule is Nc1cc(C(=O)N2CC(c3nn(Cc4noc(C(F)(F)F)n4)c4cccc(F)c34)C2)ccn1. The molecule has 5 rings (SSSR count). The topological polar surface area (TPSA) is 116 Å². The van der Waals surface area contributed by atoms with Crippen LogP contribution >= 0.6 is 0 Å². The zero-order chi connectivity index (χ0) is 23.3. The summed E-state index contributed by atoms with van der Waals surface area (Å²) >= 11 is 0. The molecule has 1 aromatic carbocycles. The normalized spacial score (nSPS) is 14.6. The second-order valence-electron chi connectivity index (χ2n) is 7.57. The first kappa shape index (κ1) is 20.8. The maximum Gasteiger partial charge on any atom is 0.471 e. The third kappa shape index (κ3) is 3.75. The van der Waals surface area contributed by atoms with E-state index in [0.29, 0.717) is 29.9 Å². The van der Waals surface area contributed by atoms with Gasteiger partial charge in [0.25, 0.3) is 5.91 Å². The van der Waals surface area contributed by atoms with Crippen molar-refractivity contribution in [3.63, 3.8) is 0 Å². The summed E-state index contributed by atoms with van der Waals surface area (Å²) in [4.78, 5) is 21.4. The fourth-order valence-corrected chi connectivity index (χ4v) is 3.77. The van der Waals surface area contributed by atoms with Gasteiger partial charge < -0.3 is 15.2 Å². The highest BCUT2D eigenvalue weighted by Gasteiger charge is 2.39. The van der Waals surface area contributed by atoms with Crippen molar-refractivity contribution in [2.24, 2.45) is 0 Å². The highest BCUT2D eigenvalue weighted by Crippen LogP contribution is 2.34. The molecule has 0 saturated carbocycles. The van der Waals surface area contributed by atoms with Crippen molar-refractivity contribution >= 4 is 22.6 Å². The molecule has 1 fully saturated rings. The highest BCUT2D eigenvalue weighted by atomic mass is 19.4. The van der Waals surface area contributed by atoms with E-state index in [1.807, 2.05) is 0 Å². The molecular weight excluding hydrogens is 446 g/mol. The van der Waals surface area contributed by atoms with Gasteiger partial charge in [-0.2, -0.15) is 23.3 Å². The van der Waals surface area contributed by atoms with Crippen molar-refractivity contribution in [3.05, 3.63) is 65.3 Å². The number of fused-ring (bicyclic) bond motifs is 1. The smallest absolute Gasteiger partial charge is 0.384 e. The second kappa shape index (κ2) is 7.53. The fourth-order valence-electron chi connectivity index (χ4n) is 3.77. The van der Waals surface area contributed by atoms with E-state index >= 15 is 0 Å².